The average molecular weight is 380 g/mol. The van der Waals surface area contributed by atoms with Crippen molar-refractivity contribution in [3.63, 3.8) is 0 Å². The van der Waals surface area contributed by atoms with Crippen molar-refractivity contribution in [2.24, 2.45) is 5.92 Å². The van der Waals surface area contributed by atoms with Crippen LogP contribution in [0.25, 0.3) is 0 Å². The molecule has 1 unspecified atom stereocenters. The second kappa shape index (κ2) is 7.33. The number of hydrogen-bond acceptors (Lipinski definition) is 4. The van der Waals surface area contributed by atoms with E-state index < -0.39 is 0 Å². The first-order valence-electron chi connectivity index (χ1n) is 10.4. The molecule has 2 fully saturated rings. The minimum Gasteiger partial charge on any atom is -0.373 e. The molecular formula is C22H28N4O2. The molecule has 3 aliphatic heterocycles. The van der Waals surface area contributed by atoms with Crippen molar-refractivity contribution in [2.75, 3.05) is 26.2 Å². The van der Waals surface area contributed by atoms with Crippen molar-refractivity contribution in [1.29, 1.82) is 0 Å². The largest absolute Gasteiger partial charge is 0.373 e. The highest BCUT2D eigenvalue weighted by Gasteiger charge is 2.43. The van der Waals surface area contributed by atoms with Gasteiger partial charge < -0.3 is 14.2 Å². The standard InChI is InChI=1S/C22H28N4O2/c1-16-23-12-19-11-18(7-8-26(16)19)22(27)25-14-20-21(15-25)28-10-9-24(20)13-17-5-3-2-4-6-17/h2-6,12,18,20-21H,7-11,13-15H2,1H3/t18?,20-,21+/m1/s1. The molecule has 28 heavy (non-hydrogen) atoms. The Morgan fingerprint density at radius 1 is 1.21 bits per heavy atom. The van der Waals surface area contributed by atoms with E-state index >= 15 is 0 Å². The molecule has 6 heteroatoms. The number of nitrogens with zero attached hydrogens (tertiary/aromatic N) is 4. The summed E-state index contributed by atoms with van der Waals surface area (Å²) in [6.07, 6.45) is 3.78. The van der Waals surface area contributed by atoms with Crippen LogP contribution in [0.15, 0.2) is 36.5 Å². The Kier molecular flexibility index (Phi) is 4.69. The number of aromatic nitrogens is 2. The summed E-state index contributed by atoms with van der Waals surface area (Å²) in [6.45, 7) is 7.05. The number of likely N-dealkylation sites (tertiary alicyclic amines) is 1. The molecule has 3 atom stereocenters. The van der Waals surface area contributed by atoms with Gasteiger partial charge in [0.1, 0.15) is 5.82 Å². The molecule has 2 saturated heterocycles. The zero-order chi connectivity index (χ0) is 19.1. The van der Waals surface area contributed by atoms with E-state index in [1.807, 2.05) is 13.1 Å². The van der Waals surface area contributed by atoms with Crippen LogP contribution in [0.4, 0.5) is 0 Å². The Morgan fingerprint density at radius 3 is 2.93 bits per heavy atom. The quantitative estimate of drug-likeness (QED) is 0.816. The number of fused-ring (bicyclic) bond motifs is 2. The Bertz CT molecular complexity index is 849. The highest BCUT2D eigenvalue weighted by molar-refractivity contribution is 5.79. The van der Waals surface area contributed by atoms with Crippen LogP contribution < -0.4 is 0 Å². The molecule has 1 aromatic carbocycles. The van der Waals surface area contributed by atoms with Crippen LogP contribution in [-0.2, 0) is 29.0 Å². The summed E-state index contributed by atoms with van der Waals surface area (Å²) in [5.74, 6) is 1.42. The fraction of sp³-hybridized carbons (Fsp3) is 0.545. The number of rotatable bonds is 3. The topological polar surface area (TPSA) is 50.6 Å². The zero-order valence-electron chi connectivity index (χ0n) is 16.5. The molecule has 5 rings (SSSR count). The smallest absolute Gasteiger partial charge is 0.226 e. The summed E-state index contributed by atoms with van der Waals surface area (Å²) in [5, 5.41) is 0. The average Bonchev–Trinajstić information content (AvgIpc) is 3.32. The Morgan fingerprint density at radius 2 is 2.07 bits per heavy atom. The molecule has 0 bridgehead atoms. The lowest BCUT2D eigenvalue weighted by Gasteiger charge is -2.36. The summed E-state index contributed by atoms with van der Waals surface area (Å²) in [5.41, 5.74) is 2.52. The molecule has 2 aromatic rings. The van der Waals surface area contributed by atoms with Gasteiger partial charge in [0.25, 0.3) is 0 Å². The van der Waals surface area contributed by atoms with Crippen LogP contribution >= 0.6 is 0 Å². The van der Waals surface area contributed by atoms with E-state index in [4.69, 9.17) is 4.74 Å². The molecule has 6 nitrogen and oxygen atoms in total. The van der Waals surface area contributed by atoms with E-state index in [9.17, 15) is 4.79 Å². The van der Waals surface area contributed by atoms with Gasteiger partial charge in [0.15, 0.2) is 0 Å². The minimum absolute atomic E-state index is 0.0753. The fourth-order valence-corrected chi connectivity index (χ4v) is 5.04. The van der Waals surface area contributed by atoms with Crippen molar-refractivity contribution < 1.29 is 9.53 Å². The third-order valence-corrected chi connectivity index (χ3v) is 6.60. The van der Waals surface area contributed by atoms with Crippen molar-refractivity contribution in [3.8, 4) is 0 Å². The maximum Gasteiger partial charge on any atom is 0.226 e. The number of imidazole rings is 1. The van der Waals surface area contributed by atoms with Crippen LogP contribution in [0.5, 0.6) is 0 Å². The number of carbonyl (C=O) groups excluding carboxylic acids is 1. The summed E-state index contributed by atoms with van der Waals surface area (Å²) in [7, 11) is 0. The Balaban J connectivity index is 1.26. The van der Waals surface area contributed by atoms with Crippen LogP contribution in [0.2, 0.25) is 0 Å². The van der Waals surface area contributed by atoms with Gasteiger partial charge in [0.2, 0.25) is 5.91 Å². The van der Waals surface area contributed by atoms with Gasteiger partial charge >= 0.3 is 0 Å². The molecule has 0 N–H and O–H groups in total. The number of benzene rings is 1. The fourth-order valence-electron chi connectivity index (χ4n) is 5.04. The lowest BCUT2D eigenvalue weighted by atomic mass is 9.95. The molecule has 148 valence electrons. The molecule has 0 saturated carbocycles. The highest BCUT2D eigenvalue weighted by Crippen LogP contribution is 2.29. The van der Waals surface area contributed by atoms with Crippen LogP contribution in [0.1, 0.15) is 23.5 Å². The summed E-state index contributed by atoms with van der Waals surface area (Å²) < 4.78 is 8.30. The SMILES string of the molecule is Cc1ncc2n1CCC(C(=O)N1C[C@@H]3OCCN(Cc4ccccc4)[C@@H]3C1)C2. The van der Waals surface area contributed by atoms with Gasteiger partial charge in [-0.05, 0) is 18.9 Å². The third kappa shape index (κ3) is 3.25. The second-order valence-corrected chi connectivity index (χ2v) is 8.31. The predicted molar refractivity (Wildman–Crippen MR) is 106 cm³/mol. The van der Waals surface area contributed by atoms with Gasteiger partial charge in [-0.3, -0.25) is 9.69 Å². The number of amides is 1. The number of morpholine rings is 1. The van der Waals surface area contributed by atoms with E-state index in [0.717, 1.165) is 58.0 Å². The normalized spacial score (nSPS) is 27.5. The number of aryl methyl sites for hydroxylation is 1. The van der Waals surface area contributed by atoms with Gasteiger partial charge in [0.05, 0.1) is 18.8 Å². The molecule has 3 aliphatic rings. The van der Waals surface area contributed by atoms with Gasteiger partial charge in [-0.25, -0.2) is 4.98 Å². The minimum atomic E-state index is 0.0753. The molecule has 0 radical (unpaired) electrons. The van der Waals surface area contributed by atoms with Gasteiger partial charge in [-0.15, -0.1) is 0 Å². The first kappa shape index (κ1) is 17.9. The third-order valence-electron chi connectivity index (χ3n) is 6.60. The van der Waals surface area contributed by atoms with E-state index in [-0.39, 0.29) is 12.0 Å². The zero-order valence-corrected chi connectivity index (χ0v) is 16.5. The molecule has 0 aliphatic carbocycles. The van der Waals surface area contributed by atoms with Crippen molar-refractivity contribution in [2.45, 2.75) is 45.0 Å². The van der Waals surface area contributed by atoms with Gasteiger partial charge in [0, 0.05) is 57.0 Å². The maximum atomic E-state index is 13.2. The Labute approximate surface area is 166 Å². The van der Waals surface area contributed by atoms with Gasteiger partial charge in [-0.2, -0.15) is 0 Å². The number of hydrogen-bond donors (Lipinski definition) is 0. The van der Waals surface area contributed by atoms with E-state index in [2.05, 4.69) is 49.7 Å². The molecule has 0 spiro atoms. The molecule has 4 heterocycles. The lowest BCUT2D eigenvalue weighted by molar-refractivity contribution is -0.135. The highest BCUT2D eigenvalue weighted by atomic mass is 16.5. The van der Waals surface area contributed by atoms with E-state index in [1.54, 1.807) is 0 Å². The lowest BCUT2D eigenvalue weighted by Crippen LogP contribution is -2.50. The molecular weight excluding hydrogens is 352 g/mol. The van der Waals surface area contributed by atoms with E-state index in [1.165, 1.54) is 11.3 Å². The van der Waals surface area contributed by atoms with Crippen molar-refractivity contribution in [3.05, 3.63) is 53.6 Å². The number of carbonyl (C=O) groups is 1. The van der Waals surface area contributed by atoms with Crippen molar-refractivity contribution in [1.82, 2.24) is 19.4 Å². The summed E-state index contributed by atoms with van der Waals surface area (Å²) in [4.78, 5) is 22.2. The summed E-state index contributed by atoms with van der Waals surface area (Å²) >= 11 is 0. The van der Waals surface area contributed by atoms with Crippen LogP contribution in [0, 0.1) is 12.8 Å². The maximum absolute atomic E-state index is 13.2. The number of ether oxygens (including phenoxy) is 1. The summed E-state index contributed by atoms with van der Waals surface area (Å²) in [6, 6.07) is 10.9. The first-order valence-corrected chi connectivity index (χ1v) is 10.4. The van der Waals surface area contributed by atoms with Crippen molar-refractivity contribution >= 4 is 5.91 Å². The molecule has 1 aromatic heterocycles. The second-order valence-electron chi connectivity index (χ2n) is 8.31. The van der Waals surface area contributed by atoms with Gasteiger partial charge in [-0.1, -0.05) is 30.3 Å². The molecule has 1 amide bonds. The monoisotopic (exact) mass is 380 g/mol. The van der Waals surface area contributed by atoms with E-state index in [0.29, 0.717) is 11.9 Å². The Hall–Kier alpha value is -2.18. The first-order chi connectivity index (χ1) is 13.7. The van der Waals surface area contributed by atoms with Crippen LogP contribution in [-0.4, -0.2) is 63.6 Å². The van der Waals surface area contributed by atoms with Crippen LogP contribution in [0.3, 0.4) is 0 Å². The predicted octanol–water partition coefficient (Wildman–Crippen LogP) is 1.87.